The van der Waals surface area contributed by atoms with Crippen LogP contribution in [0.3, 0.4) is 0 Å². The molecule has 0 aliphatic heterocycles. The topological polar surface area (TPSA) is 9.23 Å². The maximum atomic E-state index is 5.92. The molecule has 0 spiro atoms. The van der Waals surface area contributed by atoms with Crippen LogP contribution >= 0.6 is 0 Å². The van der Waals surface area contributed by atoms with Crippen LogP contribution in [0.25, 0.3) is 0 Å². The molecular formula is C31H52O. The second-order valence-electron chi connectivity index (χ2n) is 12.2. The van der Waals surface area contributed by atoms with E-state index in [1.165, 1.54) is 77.0 Å². The van der Waals surface area contributed by atoms with E-state index in [9.17, 15) is 0 Å². The number of allylic oxidation sites excluding steroid dienone is 1. The van der Waals surface area contributed by atoms with Crippen LogP contribution in [0, 0.1) is 41.4 Å². The summed E-state index contributed by atoms with van der Waals surface area (Å²) in [5, 5.41) is 0. The van der Waals surface area contributed by atoms with Gasteiger partial charge in [-0.2, -0.15) is 0 Å². The van der Waals surface area contributed by atoms with Crippen LogP contribution in [0.5, 0.6) is 0 Å². The van der Waals surface area contributed by atoms with Gasteiger partial charge < -0.3 is 4.74 Å². The molecule has 4 aliphatic carbocycles. The largest absolute Gasteiger partial charge is 0.374 e. The van der Waals surface area contributed by atoms with Gasteiger partial charge in [-0.3, -0.25) is 0 Å². The quantitative estimate of drug-likeness (QED) is 0.325. The molecule has 1 nitrogen and oxygen atoms in total. The van der Waals surface area contributed by atoms with Crippen molar-refractivity contribution in [1.82, 2.24) is 0 Å². The Balaban J connectivity index is 1.11. The molecular weight excluding hydrogens is 388 g/mol. The van der Waals surface area contributed by atoms with Gasteiger partial charge in [0.15, 0.2) is 0 Å². The molecule has 0 heterocycles. The molecule has 0 N–H and O–H groups in total. The van der Waals surface area contributed by atoms with E-state index in [2.05, 4.69) is 19.2 Å². The Kier molecular flexibility index (Phi) is 9.81. The second kappa shape index (κ2) is 12.8. The van der Waals surface area contributed by atoms with Crippen LogP contribution in [-0.4, -0.2) is 12.7 Å². The summed E-state index contributed by atoms with van der Waals surface area (Å²) in [4.78, 5) is 0. The van der Waals surface area contributed by atoms with Gasteiger partial charge in [-0.05, 0) is 144 Å². The molecule has 0 amide bonds. The lowest BCUT2D eigenvalue weighted by molar-refractivity contribution is 0.0183. The predicted octanol–water partition coefficient (Wildman–Crippen LogP) is 9.13. The lowest BCUT2D eigenvalue weighted by atomic mass is 9.63. The Morgan fingerprint density at radius 1 is 0.500 bits per heavy atom. The first-order valence-electron chi connectivity index (χ1n) is 14.6. The molecule has 4 aliphatic rings. The van der Waals surface area contributed by atoms with Gasteiger partial charge in [-0.25, -0.2) is 0 Å². The van der Waals surface area contributed by atoms with Crippen LogP contribution in [-0.2, 0) is 4.74 Å². The van der Waals surface area contributed by atoms with Crippen LogP contribution < -0.4 is 0 Å². The first-order chi connectivity index (χ1) is 15.8. The van der Waals surface area contributed by atoms with Gasteiger partial charge in [-0.15, -0.1) is 13.2 Å². The molecule has 1 heteroatoms. The summed E-state index contributed by atoms with van der Waals surface area (Å²) >= 11 is 0. The van der Waals surface area contributed by atoms with Crippen molar-refractivity contribution < 1.29 is 4.74 Å². The Morgan fingerprint density at radius 3 is 1.25 bits per heavy atom. The minimum Gasteiger partial charge on any atom is -0.374 e. The van der Waals surface area contributed by atoms with Crippen molar-refractivity contribution in [3.05, 3.63) is 25.3 Å². The lowest BCUT2D eigenvalue weighted by Crippen LogP contribution is -2.32. The van der Waals surface area contributed by atoms with Gasteiger partial charge >= 0.3 is 0 Å². The van der Waals surface area contributed by atoms with Crippen molar-refractivity contribution in [3.8, 4) is 0 Å². The SMILES string of the molecule is C=CCCC1CCC(C2CCC(C3CCC(C4CCC(OCC=C)CC4)CC3)CC2)CC1. The van der Waals surface area contributed by atoms with Gasteiger partial charge in [0.05, 0.1) is 12.7 Å². The van der Waals surface area contributed by atoms with E-state index < -0.39 is 0 Å². The van der Waals surface area contributed by atoms with Crippen molar-refractivity contribution in [3.63, 3.8) is 0 Å². The Bertz CT molecular complexity index is 485. The van der Waals surface area contributed by atoms with Gasteiger partial charge in [-0.1, -0.05) is 25.0 Å². The monoisotopic (exact) mass is 440 g/mol. The van der Waals surface area contributed by atoms with E-state index in [0.29, 0.717) is 6.10 Å². The number of ether oxygens (including phenoxy) is 1. The Labute approximate surface area is 199 Å². The highest BCUT2D eigenvalue weighted by Crippen LogP contribution is 2.48. The predicted molar refractivity (Wildman–Crippen MR) is 138 cm³/mol. The fraction of sp³-hybridized carbons (Fsp3) is 0.871. The molecule has 4 rings (SSSR count). The van der Waals surface area contributed by atoms with Crippen molar-refractivity contribution in [1.29, 1.82) is 0 Å². The molecule has 32 heavy (non-hydrogen) atoms. The molecule has 0 aromatic carbocycles. The summed E-state index contributed by atoms with van der Waals surface area (Å²) in [6.45, 7) is 8.44. The van der Waals surface area contributed by atoms with Crippen LogP contribution in [0.2, 0.25) is 0 Å². The second-order valence-corrected chi connectivity index (χ2v) is 12.2. The maximum absolute atomic E-state index is 5.92. The minimum atomic E-state index is 0.512. The van der Waals surface area contributed by atoms with Gasteiger partial charge in [0.25, 0.3) is 0 Å². The third-order valence-electron chi connectivity index (χ3n) is 10.5. The average molecular weight is 441 g/mol. The van der Waals surface area contributed by atoms with Crippen LogP contribution in [0.4, 0.5) is 0 Å². The molecule has 0 radical (unpaired) electrons. The number of rotatable bonds is 9. The number of hydrogen-bond acceptors (Lipinski definition) is 1. The molecule has 0 saturated heterocycles. The van der Waals surface area contributed by atoms with Crippen LogP contribution in [0.1, 0.15) is 116 Å². The zero-order valence-corrected chi connectivity index (χ0v) is 21.0. The van der Waals surface area contributed by atoms with Crippen LogP contribution in [0.15, 0.2) is 25.3 Å². The summed E-state index contributed by atoms with van der Waals surface area (Å²) in [7, 11) is 0. The molecule has 0 unspecified atom stereocenters. The minimum absolute atomic E-state index is 0.512. The van der Waals surface area contributed by atoms with Gasteiger partial charge in [0.1, 0.15) is 0 Å². The van der Waals surface area contributed by atoms with Crippen molar-refractivity contribution in [2.45, 2.75) is 122 Å². The normalized spacial score (nSPS) is 41.1. The van der Waals surface area contributed by atoms with Gasteiger partial charge in [0, 0.05) is 0 Å². The molecule has 182 valence electrons. The fourth-order valence-corrected chi connectivity index (χ4v) is 8.41. The zero-order chi connectivity index (χ0) is 22.2. The highest BCUT2D eigenvalue weighted by Gasteiger charge is 2.36. The average Bonchev–Trinajstić information content (AvgIpc) is 2.87. The van der Waals surface area contributed by atoms with Crippen molar-refractivity contribution >= 4 is 0 Å². The van der Waals surface area contributed by atoms with E-state index in [4.69, 9.17) is 4.74 Å². The molecule has 0 bridgehead atoms. The standard InChI is InChI=1S/C31H52O/c1-3-5-6-24-7-9-25(10-8-24)26-11-13-27(14-12-26)28-15-17-29(18-16-28)30-19-21-31(22-20-30)32-23-4-2/h3-4,24-31H,1-2,5-23H2. The van der Waals surface area contributed by atoms with E-state index in [1.54, 1.807) is 38.5 Å². The Hall–Kier alpha value is -0.560. The fourth-order valence-electron chi connectivity index (χ4n) is 8.41. The zero-order valence-electron chi connectivity index (χ0n) is 21.0. The van der Waals surface area contributed by atoms with E-state index in [-0.39, 0.29) is 0 Å². The summed E-state index contributed by atoms with van der Waals surface area (Å²) in [5.41, 5.74) is 0. The smallest absolute Gasteiger partial charge is 0.0648 e. The summed E-state index contributed by atoms with van der Waals surface area (Å²) in [6, 6.07) is 0. The molecule has 0 aromatic rings. The van der Waals surface area contributed by atoms with Gasteiger partial charge in [0.2, 0.25) is 0 Å². The van der Waals surface area contributed by atoms with Crippen molar-refractivity contribution in [2.24, 2.45) is 41.4 Å². The summed E-state index contributed by atoms with van der Waals surface area (Å²) in [6.07, 6.45) is 31.0. The van der Waals surface area contributed by atoms with E-state index in [0.717, 1.165) is 48.0 Å². The Morgan fingerprint density at radius 2 is 0.875 bits per heavy atom. The third-order valence-corrected chi connectivity index (χ3v) is 10.5. The van der Waals surface area contributed by atoms with E-state index in [1.807, 2.05) is 6.08 Å². The summed E-state index contributed by atoms with van der Waals surface area (Å²) in [5.74, 6) is 7.30. The molecule has 0 atom stereocenters. The van der Waals surface area contributed by atoms with E-state index >= 15 is 0 Å². The number of hydrogen-bond donors (Lipinski definition) is 0. The van der Waals surface area contributed by atoms with Crippen molar-refractivity contribution in [2.75, 3.05) is 6.61 Å². The molecule has 4 fully saturated rings. The highest BCUT2D eigenvalue weighted by molar-refractivity contribution is 4.88. The lowest BCUT2D eigenvalue weighted by Gasteiger charge is -2.43. The first-order valence-corrected chi connectivity index (χ1v) is 14.6. The first kappa shape index (κ1) is 24.6. The maximum Gasteiger partial charge on any atom is 0.0648 e. The molecule has 4 saturated carbocycles. The summed E-state index contributed by atoms with van der Waals surface area (Å²) < 4.78 is 5.92. The third kappa shape index (κ3) is 6.74. The molecule has 0 aromatic heterocycles. The highest BCUT2D eigenvalue weighted by atomic mass is 16.5.